The molecule has 0 aliphatic rings. The Bertz CT molecular complexity index is 534. The second-order valence-corrected chi connectivity index (χ2v) is 6.90. The number of nitrogen functional groups attached to an aromatic ring is 1. The molecule has 0 aliphatic carbocycles. The van der Waals surface area contributed by atoms with Crippen molar-refractivity contribution in [3.63, 3.8) is 0 Å². The lowest BCUT2D eigenvalue weighted by molar-refractivity contribution is 0.632. The number of rotatable bonds is 5. The number of thioether (sulfide) groups is 1. The van der Waals surface area contributed by atoms with Crippen LogP contribution >= 0.6 is 23.1 Å². The first-order valence-corrected chi connectivity index (χ1v) is 8.09. The molecule has 0 saturated carbocycles. The van der Waals surface area contributed by atoms with E-state index in [1.165, 1.54) is 16.7 Å². The number of anilines is 1. The van der Waals surface area contributed by atoms with E-state index in [4.69, 9.17) is 5.73 Å². The van der Waals surface area contributed by atoms with Gasteiger partial charge in [-0.25, -0.2) is 9.97 Å². The van der Waals surface area contributed by atoms with Gasteiger partial charge in [0.2, 0.25) is 5.95 Å². The second-order valence-electron chi connectivity index (χ2n) is 4.70. The van der Waals surface area contributed by atoms with Crippen molar-refractivity contribution in [1.29, 1.82) is 0 Å². The summed E-state index contributed by atoms with van der Waals surface area (Å²) in [6, 6.07) is 2.21. The molecule has 2 rings (SSSR count). The Balaban J connectivity index is 2.27. The molecule has 0 atom stereocenters. The third-order valence-electron chi connectivity index (χ3n) is 2.71. The van der Waals surface area contributed by atoms with Gasteiger partial charge in [0.05, 0.1) is 0 Å². The number of aryl methyl sites for hydroxylation is 1. The third kappa shape index (κ3) is 3.14. The summed E-state index contributed by atoms with van der Waals surface area (Å²) in [7, 11) is 0. The largest absolute Gasteiger partial charge is 0.368 e. The molecule has 0 unspecified atom stereocenters. The highest BCUT2D eigenvalue weighted by molar-refractivity contribution is 7.99. The van der Waals surface area contributed by atoms with Crippen LogP contribution in [-0.2, 0) is 6.42 Å². The number of aromatic nitrogens is 2. The molecule has 0 aliphatic heterocycles. The maximum Gasteiger partial charge on any atom is 0.222 e. The quantitative estimate of drug-likeness (QED) is 0.665. The van der Waals surface area contributed by atoms with Gasteiger partial charge in [-0.15, -0.1) is 23.1 Å². The standard InChI is InChI=1S/C13H19N3S2/c1-4-9-7-10-11(17-6-5-8(2)3)15-13(14)16-12(10)18-9/h7-8H,4-6H2,1-3H3,(H2,14,15,16). The van der Waals surface area contributed by atoms with Gasteiger partial charge in [0.1, 0.15) is 9.86 Å². The van der Waals surface area contributed by atoms with Gasteiger partial charge in [-0.3, -0.25) is 0 Å². The van der Waals surface area contributed by atoms with Crippen molar-refractivity contribution >= 4 is 39.3 Å². The first-order chi connectivity index (χ1) is 8.60. The fraction of sp³-hybridized carbons (Fsp3) is 0.538. The van der Waals surface area contributed by atoms with Crippen LogP contribution in [0.25, 0.3) is 10.2 Å². The highest BCUT2D eigenvalue weighted by Gasteiger charge is 2.10. The fourth-order valence-electron chi connectivity index (χ4n) is 1.64. The Hall–Kier alpha value is -0.810. The van der Waals surface area contributed by atoms with Gasteiger partial charge in [0, 0.05) is 10.3 Å². The Morgan fingerprint density at radius 3 is 2.83 bits per heavy atom. The molecule has 98 valence electrons. The van der Waals surface area contributed by atoms with Crippen LogP contribution in [0, 0.1) is 5.92 Å². The molecule has 0 aromatic carbocycles. The van der Waals surface area contributed by atoms with E-state index < -0.39 is 0 Å². The smallest absolute Gasteiger partial charge is 0.222 e. The van der Waals surface area contributed by atoms with Crippen molar-refractivity contribution in [2.24, 2.45) is 5.92 Å². The highest BCUT2D eigenvalue weighted by atomic mass is 32.2. The molecule has 0 bridgehead atoms. The second kappa shape index (κ2) is 5.89. The van der Waals surface area contributed by atoms with E-state index in [0.717, 1.165) is 27.9 Å². The van der Waals surface area contributed by atoms with Gasteiger partial charge >= 0.3 is 0 Å². The van der Waals surface area contributed by atoms with Crippen LogP contribution in [0.15, 0.2) is 11.1 Å². The van der Waals surface area contributed by atoms with Crippen LogP contribution in [0.1, 0.15) is 32.1 Å². The lowest BCUT2D eigenvalue weighted by atomic mass is 10.2. The minimum Gasteiger partial charge on any atom is -0.368 e. The predicted molar refractivity (Wildman–Crippen MR) is 81.4 cm³/mol. The van der Waals surface area contributed by atoms with Crippen molar-refractivity contribution in [3.8, 4) is 0 Å². The van der Waals surface area contributed by atoms with E-state index in [1.54, 1.807) is 23.1 Å². The Morgan fingerprint density at radius 2 is 2.17 bits per heavy atom. The van der Waals surface area contributed by atoms with Crippen molar-refractivity contribution in [2.45, 2.75) is 38.6 Å². The van der Waals surface area contributed by atoms with Crippen LogP contribution < -0.4 is 5.73 Å². The summed E-state index contributed by atoms with van der Waals surface area (Å²) < 4.78 is 0. The molecule has 0 radical (unpaired) electrons. The van der Waals surface area contributed by atoms with E-state index in [9.17, 15) is 0 Å². The molecule has 2 aromatic heterocycles. The van der Waals surface area contributed by atoms with E-state index in [1.807, 2.05) is 0 Å². The SMILES string of the molecule is CCc1cc2c(SCCC(C)C)nc(N)nc2s1. The van der Waals surface area contributed by atoms with E-state index in [0.29, 0.717) is 5.95 Å². The van der Waals surface area contributed by atoms with Gasteiger partial charge in [-0.2, -0.15) is 0 Å². The topological polar surface area (TPSA) is 51.8 Å². The molecule has 18 heavy (non-hydrogen) atoms. The third-order valence-corrected chi connectivity index (χ3v) is 4.91. The van der Waals surface area contributed by atoms with Gasteiger partial charge in [0.25, 0.3) is 0 Å². The Labute approximate surface area is 116 Å². The number of nitrogens with two attached hydrogens (primary N) is 1. The molecule has 2 aromatic rings. The molecule has 0 spiro atoms. The van der Waals surface area contributed by atoms with Crippen LogP contribution in [-0.4, -0.2) is 15.7 Å². The van der Waals surface area contributed by atoms with E-state index in [-0.39, 0.29) is 0 Å². The van der Waals surface area contributed by atoms with Crippen LogP contribution in [0.2, 0.25) is 0 Å². The predicted octanol–water partition coefficient (Wildman–Crippen LogP) is 3.97. The average molecular weight is 281 g/mol. The number of nitrogens with zero attached hydrogens (tertiary/aromatic N) is 2. The number of hydrogen-bond donors (Lipinski definition) is 1. The maximum absolute atomic E-state index is 5.78. The summed E-state index contributed by atoms with van der Waals surface area (Å²) in [6.45, 7) is 6.64. The minimum absolute atomic E-state index is 0.388. The minimum atomic E-state index is 0.388. The highest BCUT2D eigenvalue weighted by Crippen LogP contribution is 2.32. The van der Waals surface area contributed by atoms with Crippen molar-refractivity contribution in [1.82, 2.24) is 9.97 Å². The van der Waals surface area contributed by atoms with Gasteiger partial charge < -0.3 is 5.73 Å². The van der Waals surface area contributed by atoms with Gasteiger partial charge in [-0.1, -0.05) is 20.8 Å². The van der Waals surface area contributed by atoms with Crippen LogP contribution in [0.3, 0.4) is 0 Å². The Morgan fingerprint density at radius 1 is 1.39 bits per heavy atom. The zero-order valence-electron chi connectivity index (χ0n) is 11.1. The molecule has 0 fully saturated rings. The van der Waals surface area contributed by atoms with Crippen molar-refractivity contribution in [2.75, 3.05) is 11.5 Å². The summed E-state index contributed by atoms with van der Waals surface area (Å²) >= 11 is 3.51. The summed E-state index contributed by atoms with van der Waals surface area (Å²) in [5.41, 5.74) is 5.78. The molecule has 0 saturated heterocycles. The normalized spacial score (nSPS) is 11.6. The number of fused-ring (bicyclic) bond motifs is 1. The van der Waals surface area contributed by atoms with Gasteiger partial charge in [0.15, 0.2) is 0 Å². The first-order valence-electron chi connectivity index (χ1n) is 6.29. The lowest BCUT2D eigenvalue weighted by Crippen LogP contribution is -1.97. The number of hydrogen-bond acceptors (Lipinski definition) is 5. The summed E-state index contributed by atoms with van der Waals surface area (Å²) in [5, 5.41) is 2.20. The van der Waals surface area contributed by atoms with Crippen molar-refractivity contribution in [3.05, 3.63) is 10.9 Å². The molecule has 2 N–H and O–H groups in total. The molecule has 0 amide bonds. The molecular weight excluding hydrogens is 262 g/mol. The monoisotopic (exact) mass is 281 g/mol. The lowest BCUT2D eigenvalue weighted by Gasteiger charge is -2.05. The van der Waals surface area contributed by atoms with E-state index in [2.05, 4.69) is 36.8 Å². The molecule has 3 nitrogen and oxygen atoms in total. The zero-order chi connectivity index (χ0) is 13.1. The first kappa shape index (κ1) is 13.6. The average Bonchev–Trinajstić information content (AvgIpc) is 2.71. The summed E-state index contributed by atoms with van der Waals surface area (Å²) in [4.78, 5) is 11.1. The van der Waals surface area contributed by atoms with Crippen molar-refractivity contribution < 1.29 is 0 Å². The zero-order valence-corrected chi connectivity index (χ0v) is 12.7. The molecule has 2 heterocycles. The summed E-state index contributed by atoms with van der Waals surface area (Å²) in [6.07, 6.45) is 2.23. The Kier molecular flexibility index (Phi) is 4.45. The molecule has 5 heteroatoms. The number of thiophene rings is 1. The maximum atomic E-state index is 5.78. The van der Waals surface area contributed by atoms with E-state index >= 15 is 0 Å². The van der Waals surface area contributed by atoms with Crippen LogP contribution in [0.5, 0.6) is 0 Å². The summed E-state index contributed by atoms with van der Waals surface area (Å²) in [5.74, 6) is 2.19. The fourth-order valence-corrected chi connectivity index (χ4v) is 3.93. The molecular formula is C13H19N3S2. The van der Waals surface area contributed by atoms with Crippen LogP contribution in [0.4, 0.5) is 5.95 Å². The van der Waals surface area contributed by atoms with Gasteiger partial charge in [-0.05, 0) is 30.6 Å².